The van der Waals surface area contributed by atoms with Crippen LogP contribution in [0.15, 0.2) is 42.7 Å². The number of nitrogens with one attached hydrogen (secondary N) is 2. The van der Waals surface area contributed by atoms with Crippen molar-refractivity contribution in [2.24, 2.45) is 5.92 Å². The lowest BCUT2D eigenvalue weighted by Crippen LogP contribution is -2.47. The molecule has 1 aliphatic carbocycles. The molecule has 0 amide bonds. The van der Waals surface area contributed by atoms with E-state index in [0.29, 0.717) is 31.1 Å². The number of ether oxygens (including phenoxy) is 2. The molecule has 0 unspecified atom stereocenters. The minimum Gasteiger partial charge on any atom is -0.493 e. The van der Waals surface area contributed by atoms with E-state index < -0.39 is 9.84 Å². The smallest absolute Gasteiger partial charge is 0.323 e. The van der Waals surface area contributed by atoms with Gasteiger partial charge in [0, 0.05) is 49.2 Å². The topological polar surface area (TPSA) is 128 Å². The molecule has 1 aromatic carbocycles. The summed E-state index contributed by atoms with van der Waals surface area (Å²) in [5.74, 6) is 2.29. The Bertz CT molecular complexity index is 1530. The number of rotatable bonds is 13. The molecule has 3 aromatic rings. The lowest BCUT2D eigenvalue weighted by Gasteiger charge is -2.40. The number of hydrogen-bond acceptors (Lipinski definition) is 10. The summed E-state index contributed by atoms with van der Waals surface area (Å²) in [7, 11) is -1.19. The second kappa shape index (κ2) is 14.9. The highest BCUT2D eigenvalue weighted by atomic mass is 32.2. The number of fused-ring (bicyclic) bond motifs is 1. The average Bonchev–Trinajstić information content (AvgIpc) is 3.45. The predicted molar refractivity (Wildman–Crippen MR) is 177 cm³/mol. The van der Waals surface area contributed by atoms with Gasteiger partial charge < -0.3 is 29.6 Å². The van der Waals surface area contributed by atoms with Crippen molar-refractivity contribution in [1.82, 2.24) is 24.8 Å². The number of carbonyl (C=O) groups excluding carboxylic acids is 1. The van der Waals surface area contributed by atoms with Gasteiger partial charge in [-0.15, -0.1) is 0 Å². The number of likely N-dealkylation sites (N-methyl/N-ethyl adjacent to an activating group) is 1. The van der Waals surface area contributed by atoms with Crippen LogP contribution in [0.25, 0.3) is 16.7 Å². The van der Waals surface area contributed by atoms with E-state index in [-0.39, 0.29) is 29.8 Å². The molecule has 246 valence electrons. The average molecular weight is 641 g/mol. The predicted octanol–water partition coefficient (Wildman–Crippen LogP) is 4.21. The molecule has 12 heteroatoms. The van der Waals surface area contributed by atoms with Gasteiger partial charge in [-0.25, -0.2) is 13.4 Å². The summed E-state index contributed by atoms with van der Waals surface area (Å²) < 4.78 is 36.7. The molecule has 2 fully saturated rings. The van der Waals surface area contributed by atoms with Crippen molar-refractivity contribution in [3.05, 3.63) is 42.7 Å². The van der Waals surface area contributed by atoms with Crippen molar-refractivity contribution < 1.29 is 22.7 Å². The molecule has 0 radical (unpaired) electrons. The molecule has 1 saturated carbocycles. The summed E-state index contributed by atoms with van der Waals surface area (Å²) in [6.07, 6.45) is 11.6. The second-order valence-corrected chi connectivity index (χ2v) is 15.0. The Balaban J connectivity index is 1.11. The number of anilines is 1. The molecule has 1 atom stereocenters. The van der Waals surface area contributed by atoms with Crippen molar-refractivity contribution in [2.45, 2.75) is 83.0 Å². The van der Waals surface area contributed by atoms with E-state index in [1.165, 1.54) is 6.26 Å². The number of esters is 1. The minimum absolute atomic E-state index is 0.00856. The van der Waals surface area contributed by atoms with Crippen LogP contribution in [0.2, 0.25) is 0 Å². The molecule has 3 heterocycles. The van der Waals surface area contributed by atoms with Crippen LogP contribution in [0.5, 0.6) is 5.75 Å². The Morgan fingerprint density at radius 2 is 1.82 bits per heavy atom. The Labute approximate surface area is 267 Å². The van der Waals surface area contributed by atoms with Crippen molar-refractivity contribution in [3.63, 3.8) is 0 Å². The fourth-order valence-corrected chi connectivity index (χ4v) is 7.25. The van der Waals surface area contributed by atoms with Gasteiger partial charge in [0.15, 0.2) is 0 Å². The summed E-state index contributed by atoms with van der Waals surface area (Å²) in [5.41, 5.74) is 0.959. The third-order valence-electron chi connectivity index (χ3n) is 9.03. The zero-order chi connectivity index (χ0) is 32.0. The lowest BCUT2D eigenvalue weighted by atomic mass is 9.89. The van der Waals surface area contributed by atoms with Crippen LogP contribution in [-0.4, -0.2) is 96.8 Å². The maximum atomic E-state index is 12.5. The van der Waals surface area contributed by atoms with Crippen LogP contribution in [-0.2, 0) is 19.4 Å². The molecule has 1 aliphatic heterocycles. The number of nitrogens with zero attached hydrogens (tertiary/aromatic N) is 4. The Kier molecular flexibility index (Phi) is 11.0. The maximum absolute atomic E-state index is 12.5. The van der Waals surface area contributed by atoms with E-state index in [1.807, 2.05) is 62.0 Å². The number of benzene rings is 1. The molecule has 45 heavy (non-hydrogen) atoms. The summed E-state index contributed by atoms with van der Waals surface area (Å²) in [6.45, 7) is 6.34. The second-order valence-electron chi connectivity index (χ2n) is 12.8. The summed E-state index contributed by atoms with van der Waals surface area (Å²) in [4.78, 5) is 24.5. The monoisotopic (exact) mass is 640 g/mol. The molecular formula is C33H48N6O5S. The largest absolute Gasteiger partial charge is 0.493 e. The Hall–Kier alpha value is -3.22. The third kappa shape index (κ3) is 8.74. The van der Waals surface area contributed by atoms with Crippen LogP contribution in [0, 0.1) is 5.92 Å². The first-order valence-corrected chi connectivity index (χ1v) is 18.3. The van der Waals surface area contributed by atoms with Gasteiger partial charge in [0.2, 0.25) is 5.95 Å². The van der Waals surface area contributed by atoms with Gasteiger partial charge in [0.05, 0.1) is 17.9 Å². The van der Waals surface area contributed by atoms with Crippen molar-refractivity contribution >= 4 is 32.7 Å². The van der Waals surface area contributed by atoms with E-state index in [1.54, 1.807) is 6.20 Å². The highest BCUT2D eigenvalue weighted by molar-refractivity contribution is 7.90. The molecular weight excluding hydrogens is 592 g/mol. The lowest BCUT2D eigenvalue weighted by molar-refractivity contribution is -0.155. The molecule has 11 nitrogen and oxygen atoms in total. The standard InChI is InChI=1S/C33H48N6O5S/c1-23(2)31(34-3)32(40)44-26-14-18-38(19-15-26)25-11-9-24(10-12-25)36-33-35-17-13-30(37-33)39-20-16-27-28(39)7-5-8-29(27)43-21-6-22-45(4,41)42/h5,7-8,13,16-17,20,23-26,31,34H,6,9-12,14-15,18-19,21-22H2,1-4H3,(H,35,36,37)/t24?,25?,31-/m1/s1. The van der Waals surface area contributed by atoms with Crippen LogP contribution < -0.4 is 15.4 Å². The van der Waals surface area contributed by atoms with Crippen LogP contribution in [0.4, 0.5) is 5.95 Å². The van der Waals surface area contributed by atoms with Gasteiger partial charge in [-0.05, 0) is 82.2 Å². The highest BCUT2D eigenvalue weighted by Crippen LogP contribution is 2.30. The zero-order valence-electron chi connectivity index (χ0n) is 26.9. The summed E-state index contributed by atoms with van der Waals surface area (Å²) >= 11 is 0. The molecule has 5 rings (SSSR count). The number of aromatic nitrogens is 3. The fourth-order valence-electron chi connectivity index (χ4n) is 6.61. The molecule has 2 aliphatic rings. The number of hydrogen-bond donors (Lipinski definition) is 2. The van der Waals surface area contributed by atoms with Gasteiger partial charge in [-0.3, -0.25) is 4.79 Å². The van der Waals surface area contributed by atoms with Crippen LogP contribution in [0.3, 0.4) is 0 Å². The quantitative estimate of drug-likeness (QED) is 0.207. The van der Waals surface area contributed by atoms with Gasteiger partial charge in [0.25, 0.3) is 0 Å². The van der Waals surface area contributed by atoms with Crippen molar-refractivity contribution in [2.75, 3.05) is 44.1 Å². The Morgan fingerprint density at radius 1 is 1.07 bits per heavy atom. The first-order valence-electron chi connectivity index (χ1n) is 16.2. The van der Waals surface area contributed by atoms with Crippen molar-refractivity contribution in [3.8, 4) is 11.6 Å². The SMILES string of the molecule is CN[C@@H](C(=O)OC1CCN(C2CCC(Nc3nccc(-n4ccc5c(OCCCS(C)(=O)=O)cccc54)n3)CC2)CC1)C(C)C. The van der Waals surface area contributed by atoms with Gasteiger partial charge in [-0.1, -0.05) is 19.9 Å². The van der Waals surface area contributed by atoms with E-state index in [2.05, 4.69) is 20.5 Å². The highest BCUT2D eigenvalue weighted by Gasteiger charge is 2.32. The molecule has 1 saturated heterocycles. The zero-order valence-corrected chi connectivity index (χ0v) is 27.8. The number of sulfone groups is 1. The van der Waals surface area contributed by atoms with E-state index in [0.717, 1.165) is 74.1 Å². The third-order valence-corrected chi connectivity index (χ3v) is 10.1. The summed E-state index contributed by atoms with van der Waals surface area (Å²) in [5, 5.41) is 7.61. The number of likely N-dealkylation sites (tertiary alicyclic amines) is 1. The van der Waals surface area contributed by atoms with E-state index in [9.17, 15) is 13.2 Å². The van der Waals surface area contributed by atoms with E-state index in [4.69, 9.17) is 14.5 Å². The first kappa shape index (κ1) is 33.2. The normalized spacial score (nSPS) is 20.7. The molecule has 2 aromatic heterocycles. The fraction of sp³-hybridized carbons (Fsp3) is 0.606. The first-order chi connectivity index (χ1) is 21.6. The van der Waals surface area contributed by atoms with E-state index >= 15 is 0 Å². The van der Waals surface area contributed by atoms with Gasteiger partial charge >= 0.3 is 5.97 Å². The van der Waals surface area contributed by atoms with Crippen LogP contribution >= 0.6 is 0 Å². The summed E-state index contributed by atoms with van der Waals surface area (Å²) in [6, 6.07) is 10.4. The van der Waals surface area contributed by atoms with Gasteiger partial charge in [0.1, 0.15) is 33.6 Å². The molecule has 0 bridgehead atoms. The molecule has 0 spiro atoms. The molecule has 2 N–H and O–H groups in total. The number of carbonyl (C=O) groups is 1. The van der Waals surface area contributed by atoms with Crippen LogP contribution in [0.1, 0.15) is 58.8 Å². The van der Waals surface area contributed by atoms with Gasteiger partial charge in [-0.2, -0.15) is 4.98 Å². The number of piperidine rings is 1. The van der Waals surface area contributed by atoms with Crippen molar-refractivity contribution in [1.29, 1.82) is 0 Å². The minimum atomic E-state index is -3.01. The maximum Gasteiger partial charge on any atom is 0.323 e. The Morgan fingerprint density at radius 3 is 2.51 bits per heavy atom.